The lowest BCUT2D eigenvalue weighted by Crippen LogP contribution is -2.26. The first-order valence-electron chi connectivity index (χ1n) is 12.5. The van der Waals surface area contributed by atoms with Gasteiger partial charge in [-0.25, -0.2) is 9.37 Å². The molecule has 37 heavy (non-hydrogen) atoms. The SMILES string of the molecule is COC1CCN(Cc2ccc(C#Cc3ccc(CC(CNCCF)c4nc[nH]c(=O)c4O)cc3)cc2)C1. The molecule has 0 saturated carbocycles. The molecule has 0 amide bonds. The predicted molar refractivity (Wildman–Crippen MR) is 141 cm³/mol. The molecule has 1 aliphatic rings. The van der Waals surface area contributed by atoms with Crippen LogP contribution < -0.4 is 10.9 Å². The van der Waals surface area contributed by atoms with Crippen LogP contribution >= 0.6 is 0 Å². The van der Waals surface area contributed by atoms with Gasteiger partial charge in [0.2, 0.25) is 5.75 Å². The minimum Gasteiger partial charge on any atom is -0.502 e. The van der Waals surface area contributed by atoms with Gasteiger partial charge in [0.25, 0.3) is 5.56 Å². The van der Waals surface area contributed by atoms with Crippen molar-refractivity contribution in [2.24, 2.45) is 0 Å². The smallest absolute Gasteiger partial charge is 0.293 e. The quantitative estimate of drug-likeness (QED) is 0.291. The van der Waals surface area contributed by atoms with E-state index < -0.39 is 18.0 Å². The first-order valence-corrected chi connectivity index (χ1v) is 12.5. The Morgan fingerprint density at radius 1 is 1.16 bits per heavy atom. The Kier molecular flexibility index (Phi) is 9.44. The number of rotatable bonds is 10. The Morgan fingerprint density at radius 2 is 1.84 bits per heavy atom. The Morgan fingerprint density at radius 3 is 2.46 bits per heavy atom. The van der Waals surface area contributed by atoms with Gasteiger partial charge in [-0.05, 0) is 48.2 Å². The molecule has 2 unspecified atom stereocenters. The number of methoxy groups -OCH3 is 1. The maximum Gasteiger partial charge on any atom is 0.293 e. The summed E-state index contributed by atoms with van der Waals surface area (Å²) in [5, 5.41) is 13.2. The number of aromatic amines is 1. The zero-order valence-electron chi connectivity index (χ0n) is 21.0. The number of halogens is 1. The fraction of sp³-hybridized carbons (Fsp3) is 0.379. The van der Waals surface area contributed by atoms with Gasteiger partial charge in [-0.15, -0.1) is 0 Å². The molecule has 1 saturated heterocycles. The van der Waals surface area contributed by atoms with Crippen molar-refractivity contribution in [3.8, 4) is 17.6 Å². The monoisotopic (exact) mass is 504 g/mol. The van der Waals surface area contributed by atoms with E-state index in [0.29, 0.717) is 24.8 Å². The van der Waals surface area contributed by atoms with Crippen LogP contribution in [-0.4, -0.2) is 66.0 Å². The minimum absolute atomic E-state index is 0.197. The second-order valence-corrected chi connectivity index (χ2v) is 9.29. The maximum absolute atomic E-state index is 12.6. The zero-order valence-corrected chi connectivity index (χ0v) is 21.0. The summed E-state index contributed by atoms with van der Waals surface area (Å²) < 4.78 is 18.0. The lowest BCUT2D eigenvalue weighted by molar-refractivity contribution is 0.107. The molecule has 0 bridgehead atoms. The molecule has 0 radical (unpaired) electrons. The Bertz CT molecular complexity index is 1270. The summed E-state index contributed by atoms with van der Waals surface area (Å²) in [4.78, 5) is 20.8. The highest BCUT2D eigenvalue weighted by Crippen LogP contribution is 2.24. The highest BCUT2D eigenvalue weighted by atomic mass is 19.1. The van der Waals surface area contributed by atoms with Crippen LogP contribution in [0.4, 0.5) is 4.39 Å². The summed E-state index contributed by atoms with van der Waals surface area (Å²) in [7, 11) is 1.78. The van der Waals surface area contributed by atoms with E-state index in [1.54, 1.807) is 7.11 Å². The van der Waals surface area contributed by atoms with Crippen LogP contribution in [0.25, 0.3) is 0 Å². The zero-order chi connectivity index (χ0) is 26.0. The fourth-order valence-electron chi connectivity index (χ4n) is 4.55. The third kappa shape index (κ3) is 7.49. The normalized spacial score (nSPS) is 16.3. The molecule has 194 valence electrons. The van der Waals surface area contributed by atoms with E-state index in [2.05, 4.69) is 56.3 Å². The van der Waals surface area contributed by atoms with E-state index >= 15 is 0 Å². The summed E-state index contributed by atoms with van der Waals surface area (Å²) in [5.74, 6) is 5.74. The van der Waals surface area contributed by atoms with Gasteiger partial charge in [0.1, 0.15) is 6.67 Å². The first kappa shape index (κ1) is 26.6. The van der Waals surface area contributed by atoms with Crippen LogP contribution in [0.5, 0.6) is 5.75 Å². The number of likely N-dealkylation sites (tertiary alicyclic amines) is 1. The molecule has 8 heteroatoms. The van der Waals surface area contributed by atoms with E-state index in [4.69, 9.17) is 4.74 Å². The van der Waals surface area contributed by atoms with E-state index in [0.717, 1.165) is 42.7 Å². The number of H-pyrrole nitrogens is 1. The molecule has 0 spiro atoms. The lowest BCUT2D eigenvalue weighted by Gasteiger charge is -2.17. The number of ether oxygens (including phenoxy) is 1. The van der Waals surface area contributed by atoms with Crippen LogP contribution in [0, 0.1) is 11.8 Å². The second-order valence-electron chi connectivity index (χ2n) is 9.29. The van der Waals surface area contributed by atoms with Crippen molar-refractivity contribution in [1.82, 2.24) is 20.2 Å². The summed E-state index contributed by atoms with van der Waals surface area (Å²) in [6.07, 6.45) is 3.22. The highest BCUT2D eigenvalue weighted by Gasteiger charge is 2.22. The number of alkyl halides is 1. The van der Waals surface area contributed by atoms with Crippen LogP contribution in [0.3, 0.4) is 0 Å². The van der Waals surface area contributed by atoms with E-state index in [1.807, 2.05) is 24.3 Å². The molecule has 7 nitrogen and oxygen atoms in total. The van der Waals surface area contributed by atoms with Gasteiger partial charge in [0.15, 0.2) is 0 Å². The molecule has 3 N–H and O–H groups in total. The van der Waals surface area contributed by atoms with Crippen LogP contribution in [0.15, 0.2) is 59.7 Å². The van der Waals surface area contributed by atoms with Crippen LogP contribution in [0.2, 0.25) is 0 Å². The molecular weight excluding hydrogens is 471 g/mol. The van der Waals surface area contributed by atoms with Crippen molar-refractivity contribution in [2.45, 2.75) is 31.4 Å². The van der Waals surface area contributed by atoms with Gasteiger partial charge < -0.3 is 20.1 Å². The molecule has 3 aromatic rings. The van der Waals surface area contributed by atoms with Gasteiger partial charge in [0, 0.05) is 56.9 Å². The average molecular weight is 505 g/mol. The van der Waals surface area contributed by atoms with E-state index in [1.165, 1.54) is 11.9 Å². The fourth-order valence-corrected chi connectivity index (χ4v) is 4.55. The number of nitrogens with zero attached hydrogens (tertiary/aromatic N) is 2. The number of hydrogen-bond acceptors (Lipinski definition) is 6. The van der Waals surface area contributed by atoms with Crippen molar-refractivity contribution in [3.05, 3.63) is 93.2 Å². The summed E-state index contributed by atoms with van der Waals surface area (Å²) in [6.45, 7) is 3.05. The van der Waals surface area contributed by atoms with E-state index in [9.17, 15) is 14.3 Å². The van der Waals surface area contributed by atoms with Gasteiger partial charge in [-0.2, -0.15) is 0 Å². The summed E-state index contributed by atoms with van der Waals surface area (Å²) in [6, 6.07) is 16.2. The molecule has 0 aliphatic carbocycles. The molecule has 1 aliphatic heterocycles. The number of benzene rings is 2. The van der Waals surface area contributed by atoms with Crippen LogP contribution in [0.1, 0.15) is 40.3 Å². The average Bonchev–Trinajstić information content (AvgIpc) is 3.38. The molecule has 1 fully saturated rings. The van der Waals surface area contributed by atoms with Gasteiger partial charge >= 0.3 is 0 Å². The molecule has 2 atom stereocenters. The summed E-state index contributed by atoms with van der Waals surface area (Å²) >= 11 is 0. The van der Waals surface area contributed by atoms with Crippen molar-refractivity contribution >= 4 is 0 Å². The Balaban J connectivity index is 1.38. The molecule has 2 aromatic carbocycles. The largest absolute Gasteiger partial charge is 0.502 e. The standard InChI is InChI=1S/C29H33FN4O3/c1-37-26-12-15-34(19-26)18-24-10-6-22(7-11-24)3-2-21-4-8-23(9-5-21)16-25(17-31-14-13-30)27-28(35)29(36)33-20-32-27/h4-11,20,25-26,31,35H,12-19H2,1H3,(H,32,33,36). The molecule has 2 heterocycles. The number of aromatic nitrogens is 2. The lowest BCUT2D eigenvalue weighted by atomic mass is 9.94. The number of nitrogens with one attached hydrogen (secondary N) is 2. The third-order valence-electron chi connectivity index (χ3n) is 6.62. The van der Waals surface area contributed by atoms with Crippen molar-refractivity contribution in [2.75, 3.05) is 40.0 Å². The predicted octanol–water partition coefficient (Wildman–Crippen LogP) is 2.98. The minimum atomic E-state index is -0.588. The van der Waals surface area contributed by atoms with Crippen molar-refractivity contribution in [1.29, 1.82) is 0 Å². The molecule has 1 aromatic heterocycles. The summed E-state index contributed by atoms with van der Waals surface area (Å²) in [5.41, 5.74) is 3.82. The van der Waals surface area contributed by atoms with E-state index in [-0.39, 0.29) is 12.5 Å². The Hall–Kier alpha value is -3.51. The third-order valence-corrected chi connectivity index (χ3v) is 6.62. The van der Waals surface area contributed by atoms with Gasteiger partial charge in [0.05, 0.1) is 18.1 Å². The first-order chi connectivity index (χ1) is 18.1. The maximum atomic E-state index is 12.6. The highest BCUT2D eigenvalue weighted by molar-refractivity contribution is 5.44. The van der Waals surface area contributed by atoms with Gasteiger partial charge in [-0.3, -0.25) is 9.69 Å². The van der Waals surface area contributed by atoms with Crippen molar-refractivity contribution < 1.29 is 14.2 Å². The van der Waals surface area contributed by atoms with Gasteiger partial charge in [-0.1, -0.05) is 36.1 Å². The van der Waals surface area contributed by atoms with Crippen molar-refractivity contribution in [3.63, 3.8) is 0 Å². The number of hydrogen-bond donors (Lipinski definition) is 3. The topological polar surface area (TPSA) is 90.5 Å². The second kappa shape index (κ2) is 13.2. The Labute approximate surface area is 216 Å². The number of aromatic hydroxyl groups is 1. The molecular formula is C29H33FN4O3. The van der Waals surface area contributed by atoms with Crippen LogP contribution in [-0.2, 0) is 17.7 Å². The molecule has 4 rings (SSSR count).